The van der Waals surface area contributed by atoms with E-state index in [1.165, 1.54) is 32.1 Å². The number of aromatic nitrogens is 3. The third-order valence-corrected chi connectivity index (χ3v) is 4.92. The number of thiazole rings is 1. The topological polar surface area (TPSA) is 42.2 Å². The first kappa shape index (κ1) is 12.8. The second-order valence-electron chi connectivity index (χ2n) is 5.58. The van der Waals surface area contributed by atoms with Crippen molar-refractivity contribution in [2.75, 3.05) is 5.32 Å². The first-order valence-electron chi connectivity index (χ1n) is 7.54. The summed E-state index contributed by atoms with van der Waals surface area (Å²) in [4.78, 5) is 9.95. The molecular formula is C16H18N4S. The second kappa shape index (κ2) is 5.48. The largest absolute Gasteiger partial charge is 0.367 e. The Kier molecular flexibility index (Phi) is 3.35. The monoisotopic (exact) mass is 298 g/mol. The molecule has 21 heavy (non-hydrogen) atoms. The SMILES string of the molecule is c1cc(-c2nc3sccn3c2NC2CCCCC2)ccn1. The summed E-state index contributed by atoms with van der Waals surface area (Å²) in [7, 11) is 0. The molecule has 4 rings (SSSR count). The van der Waals surface area contributed by atoms with E-state index in [0.717, 1.165) is 22.0 Å². The number of anilines is 1. The minimum atomic E-state index is 0.569. The van der Waals surface area contributed by atoms with Gasteiger partial charge in [-0.05, 0) is 25.0 Å². The highest BCUT2D eigenvalue weighted by molar-refractivity contribution is 7.15. The summed E-state index contributed by atoms with van der Waals surface area (Å²) in [6, 6.07) is 4.62. The summed E-state index contributed by atoms with van der Waals surface area (Å²) < 4.78 is 2.18. The molecule has 1 aliphatic rings. The van der Waals surface area contributed by atoms with Crippen LogP contribution < -0.4 is 5.32 Å². The van der Waals surface area contributed by atoms with Crippen molar-refractivity contribution in [1.29, 1.82) is 0 Å². The highest BCUT2D eigenvalue weighted by atomic mass is 32.1. The minimum Gasteiger partial charge on any atom is -0.367 e. The van der Waals surface area contributed by atoms with Crippen LogP contribution in [-0.4, -0.2) is 20.4 Å². The lowest BCUT2D eigenvalue weighted by Crippen LogP contribution is -2.23. The van der Waals surface area contributed by atoms with Gasteiger partial charge < -0.3 is 5.32 Å². The molecule has 0 radical (unpaired) electrons. The fraction of sp³-hybridized carbons (Fsp3) is 0.375. The van der Waals surface area contributed by atoms with Crippen molar-refractivity contribution in [3.05, 3.63) is 36.1 Å². The first-order valence-corrected chi connectivity index (χ1v) is 8.42. The zero-order chi connectivity index (χ0) is 14.1. The van der Waals surface area contributed by atoms with Gasteiger partial charge in [0.2, 0.25) is 0 Å². The molecule has 0 atom stereocenters. The van der Waals surface area contributed by atoms with E-state index < -0.39 is 0 Å². The fourth-order valence-electron chi connectivity index (χ4n) is 3.08. The van der Waals surface area contributed by atoms with E-state index in [-0.39, 0.29) is 0 Å². The summed E-state index contributed by atoms with van der Waals surface area (Å²) in [6.45, 7) is 0. The van der Waals surface area contributed by atoms with E-state index in [1.54, 1.807) is 11.3 Å². The zero-order valence-corrected chi connectivity index (χ0v) is 12.6. The Balaban J connectivity index is 1.75. The molecule has 108 valence electrons. The lowest BCUT2D eigenvalue weighted by Gasteiger charge is -2.23. The quantitative estimate of drug-likeness (QED) is 0.788. The van der Waals surface area contributed by atoms with Gasteiger partial charge in [0.25, 0.3) is 0 Å². The minimum absolute atomic E-state index is 0.569. The molecule has 1 fully saturated rings. The molecule has 0 aromatic carbocycles. The van der Waals surface area contributed by atoms with E-state index in [2.05, 4.69) is 26.3 Å². The molecule has 0 spiro atoms. The number of imidazole rings is 1. The van der Waals surface area contributed by atoms with Gasteiger partial charge in [-0.15, -0.1) is 11.3 Å². The maximum Gasteiger partial charge on any atom is 0.195 e. The van der Waals surface area contributed by atoms with Gasteiger partial charge in [0.15, 0.2) is 4.96 Å². The Morgan fingerprint density at radius 1 is 1.14 bits per heavy atom. The Labute approximate surface area is 127 Å². The second-order valence-corrected chi connectivity index (χ2v) is 6.45. The molecule has 0 amide bonds. The zero-order valence-electron chi connectivity index (χ0n) is 11.8. The number of nitrogens with one attached hydrogen (secondary N) is 1. The normalized spacial score (nSPS) is 16.4. The number of nitrogens with zero attached hydrogens (tertiary/aromatic N) is 3. The van der Waals surface area contributed by atoms with E-state index >= 15 is 0 Å². The van der Waals surface area contributed by atoms with Crippen LogP contribution >= 0.6 is 11.3 Å². The maximum absolute atomic E-state index is 4.80. The number of fused-ring (bicyclic) bond motifs is 1. The molecule has 0 unspecified atom stereocenters. The van der Waals surface area contributed by atoms with E-state index in [1.807, 2.05) is 24.5 Å². The molecular weight excluding hydrogens is 280 g/mol. The molecule has 5 heteroatoms. The van der Waals surface area contributed by atoms with E-state index in [0.29, 0.717) is 6.04 Å². The van der Waals surface area contributed by atoms with Gasteiger partial charge in [0.05, 0.1) is 0 Å². The Bertz CT molecular complexity index is 725. The number of pyridine rings is 1. The van der Waals surface area contributed by atoms with E-state index in [9.17, 15) is 0 Å². The smallest absolute Gasteiger partial charge is 0.195 e. The predicted molar refractivity (Wildman–Crippen MR) is 86.8 cm³/mol. The van der Waals surface area contributed by atoms with Crippen molar-refractivity contribution >= 4 is 22.1 Å². The summed E-state index contributed by atoms with van der Waals surface area (Å²) in [5.41, 5.74) is 2.16. The van der Waals surface area contributed by atoms with Crippen LogP contribution in [0.5, 0.6) is 0 Å². The Morgan fingerprint density at radius 3 is 2.76 bits per heavy atom. The molecule has 0 bridgehead atoms. The number of hydrogen-bond acceptors (Lipinski definition) is 4. The van der Waals surface area contributed by atoms with Crippen LogP contribution in [0.1, 0.15) is 32.1 Å². The standard InChI is InChI=1S/C16H18N4S/c1-2-4-13(5-3-1)18-15-14(12-6-8-17-9-7-12)19-16-20(15)10-11-21-16/h6-11,13,18H,1-5H2. The third-order valence-electron chi connectivity index (χ3n) is 4.16. The van der Waals surface area contributed by atoms with Crippen molar-refractivity contribution in [2.45, 2.75) is 38.1 Å². The van der Waals surface area contributed by atoms with Crippen LogP contribution in [0.4, 0.5) is 5.82 Å². The first-order chi connectivity index (χ1) is 10.4. The van der Waals surface area contributed by atoms with Gasteiger partial charge >= 0.3 is 0 Å². The molecule has 4 nitrogen and oxygen atoms in total. The van der Waals surface area contributed by atoms with Gasteiger partial charge in [-0.25, -0.2) is 4.98 Å². The van der Waals surface area contributed by atoms with Gasteiger partial charge in [-0.1, -0.05) is 19.3 Å². The average molecular weight is 298 g/mol. The van der Waals surface area contributed by atoms with Crippen molar-refractivity contribution in [1.82, 2.24) is 14.4 Å². The third kappa shape index (κ3) is 2.42. The van der Waals surface area contributed by atoms with Gasteiger partial charge in [-0.3, -0.25) is 9.38 Å². The fourth-order valence-corrected chi connectivity index (χ4v) is 3.79. The van der Waals surface area contributed by atoms with E-state index in [4.69, 9.17) is 4.98 Å². The number of rotatable bonds is 3. The highest BCUT2D eigenvalue weighted by Gasteiger charge is 2.19. The highest BCUT2D eigenvalue weighted by Crippen LogP contribution is 2.32. The molecule has 0 saturated heterocycles. The van der Waals surface area contributed by atoms with Crippen LogP contribution in [0.3, 0.4) is 0 Å². The van der Waals surface area contributed by atoms with Crippen LogP contribution in [0.25, 0.3) is 16.2 Å². The van der Waals surface area contributed by atoms with Crippen LogP contribution in [0.15, 0.2) is 36.1 Å². The molecule has 1 saturated carbocycles. The number of hydrogen-bond donors (Lipinski definition) is 1. The van der Waals surface area contributed by atoms with Gasteiger partial charge in [0, 0.05) is 35.6 Å². The summed E-state index contributed by atoms with van der Waals surface area (Å²) in [5.74, 6) is 1.13. The molecule has 1 N–H and O–H groups in total. The maximum atomic E-state index is 4.80. The van der Waals surface area contributed by atoms with Gasteiger partial charge in [-0.2, -0.15) is 0 Å². The molecule has 0 aliphatic heterocycles. The molecule has 3 aromatic heterocycles. The van der Waals surface area contributed by atoms with Crippen molar-refractivity contribution in [3.63, 3.8) is 0 Å². The molecule has 1 aliphatic carbocycles. The lowest BCUT2D eigenvalue weighted by atomic mass is 9.95. The van der Waals surface area contributed by atoms with Crippen LogP contribution in [0, 0.1) is 0 Å². The van der Waals surface area contributed by atoms with Crippen molar-refractivity contribution < 1.29 is 0 Å². The lowest BCUT2D eigenvalue weighted by molar-refractivity contribution is 0.462. The molecule has 3 aromatic rings. The summed E-state index contributed by atoms with van der Waals surface area (Å²) in [5, 5.41) is 5.83. The summed E-state index contributed by atoms with van der Waals surface area (Å²) >= 11 is 1.68. The summed E-state index contributed by atoms with van der Waals surface area (Å²) in [6.07, 6.45) is 12.3. The van der Waals surface area contributed by atoms with Gasteiger partial charge in [0.1, 0.15) is 11.5 Å². The predicted octanol–water partition coefficient (Wildman–Crippen LogP) is 4.20. The molecule has 3 heterocycles. The van der Waals surface area contributed by atoms with Crippen LogP contribution in [0.2, 0.25) is 0 Å². The van der Waals surface area contributed by atoms with Crippen molar-refractivity contribution in [2.24, 2.45) is 0 Å². The average Bonchev–Trinajstić information content (AvgIpc) is 3.12. The Hall–Kier alpha value is -1.88. The van der Waals surface area contributed by atoms with Crippen molar-refractivity contribution in [3.8, 4) is 11.3 Å². The van der Waals surface area contributed by atoms with Crippen LogP contribution in [-0.2, 0) is 0 Å². The Morgan fingerprint density at radius 2 is 1.95 bits per heavy atom.